The standard InChI is InChI=1S/C40H42O4/c1-3-5-15-25-43-39(41)37(35-31-21-11-7-17-27(31)28-18-8-12-22-32(28)35)38(40(42)44-26-16-6-4-2)36-33-23-13-9-19-29(33)30-20-10-14-24-34(30)36/h7-14,17-24,35-38H,3-6,15-16,25-26H2,1-2H3. The lowest BCUT2D eigenvalue weighted by Crippen LogP contribution is -2.40. The van der Waals surface area contributed by atoms with Crippen molar-refractivity contribution in [3.05, 3.63) is 119 Å². The van der Waals surface area contributed by atoms with Gasteiger partial charge in [-0.05, 0) is 57.3 Å². The van der Waals surface area contributed by atoms with E-state index < -0.39 is 11.8 Å². The van der Waals surface area contributed by atoms with Gasteiger partial charge in [0, 0.05) is 11.8 Å². The summed E-state index contributed by atoms with van der Waals surface area (Å²) in [6.45, 7) is 4.96. The molecular formula is C40H42O4. The van der Waals surface area contributed by atoms with E-state index in [1.54, 1.807) is 0 Å². The quantitative estimate of drug-likeness (QED) is 0.116. The Morgan fingerprint density at radius 2 is 0.795 bits per heavy atom. The van der Waals surface area contributed by atoms with Crippen molar-refractivity contribution in [1.29, 1.82) is 0 Å². The molecule has 0 amide bonds. The van der Waals surface area contributed by atoms with E-state index in [2.05, 4.69) is 62.4 Å². The Bertz CT molecular complexity index is 1410. The van der Waals surface area contributed by atoms with Gasteiger partial charge in [0.2, 0.25) is 0 Å². The van der Waals surface area contributed by atoms with Crippen LogP contribution in [-0.4, -0.2) is 25.2 Å². The van der Waals surface area contributed by atoms with Crippen molar-refractivity contribution in [2.24, 2.45) is 11.8 Å². The molecule has 4 aromatic rings. The number of hydrogen-bond acceptors (Lipinski definition) is 4. The number of esters is 2. The summed E-state index contributed by atoms with van der Waals surface area (Å²) in [5.74, 6) is -2.87. The Labute approximate surface area is 261 Å². The van der Waals surface area contributed by atoms with Gasteiger partial charge in [-0.3, -0.25) is 9.59 Å². The Morgan fingerprint density at radius 3 is 1.09 bits per heavy atom. The van der Waals surface area contributed by atoms with E-state index in [9.17, 15) is 9.59 Å². The Hall–Kier alpha value is -4.18. The summed E-state index contributed by atoms with van der Waals surface area (Å²) in [5, 5.41) is 0. The highest BCUT2D eigenvalue weighted by Gasteiger charge is 2.51. The zero-order valence-electron chi connectivity index (χ0n) is 25.8. The molecule has 44 heavy (non-hydrogen) atoms. The zero-order chi connectivity index (χ0) is 30.5. The van der Waals surface area contributed by atoms with E-state index in [1.165, 1.54) is 0 Å². The molecule has 2 aliphatic rings. The maximum absolute atomic E-state index is 14.6. The fourth-order valence-corrected chi connectivity index (χ4v) is 7.38. The van der Waals surface area contributed by atoms with Crippen molar-refractivity contribution >= 4 is 11.9 Å². The first-order chi connectivity index (χ1) is 21.7. The minimum atomic E-state index is -0.774. The summed E-state index contributed by atoms with van der Waals surface area (Å²) in [6, 6.07) is 33.2. The van der Waals surface area contributed by atoms with Crippen LogP contribution in [0.5, 0.6) is 0 Å². The van der Waals surface area contributed by atoms with Crippen LogP contribution in [0.3, 0.4) is 0 Å². The van der Waals surface area contributed by atoms with E-state index in [-0.39, 0.29) is 23.8 Å². The molecule has 0 bridgehead atoms. The van der Waals surface area contributed by atoms with Crippen molar-refractivity contribution in [3.63, 3.8) is 0 Å². The molecule has 226 valence electrons. The molecule has 0 spiro atoms. The van der Waals surface area contributed by atoms with Gasteiger partial charge < -0.3 is 9.47 Å². The molecule has 4 aromatic carbocycles. The minimum Gasteiger partial charge on any atom is -0.465 e. The number of carbonyl (C=O) groups excluding carboxylic acids is 2. The minimum absolute atomic E-state index is 0.324. The summed E-state index contributed by atoms with van der Waals surface area (Å²) in [4.78, 5) is 29.2. The van der Waals surface area contributed by atoms with Crippen molar-refractivity contribution in [2.75, 3.05) is 13.2 Å². The number of benzene rings is 4. The van der Waals surface area contributed by atoms with Crippen LogP contribution in [-0.2, 0) is 19.1 Å². The SMILES string of the molecule is CCCCCOC(=O)C(C1c2ccccc2-c2ccccc21)C(C(=O)OCCCCC)C1c2ccccc2-c2ccccc21. The van der Waals surface area contributed by atoms with Crippen LogP contribution < -0.4 is 0 Å². The maximum Gasteiger partial charge on any atom is 0.310 e. The van der Waals surface area contributed by atoms with Crippen molar-refractivity contribution in [3.8, 4) is 22.3 Å². The molecule has 0 saturated heterocycles. The van der Waals surface area contributed by atoms with E-state index in [0.29, 0.717) is 13.2 Å². The maximum atomic E-state index is 14.6. The van der Waals surface area contributed by atoms with Gasteiger partial charge in [0.05, 0.1) is 25.0 Å². The predicted octanol–water partition coefficient (Wildman–Crippen LogP) is 9.31. The first-order valence-corrected chi connectivity index (χ1v) is 16.3. The van der Waals surface area contributed by atoms with Gasteiger partial charge in [-0.1, -0.05) is 137 Å². The molecule has 0 N–H and O–H groups in total. The third-order valence-electron chi connectivity index (χ3n) is 9.40. The van der Waals surface area contributed by atoms with E-state index in [4.69, 9.17) is 9.47 Å². The lowest BCUT2D eigenvalue weighted by Gasteiger charge is -2.34. The Morgan fingerprint density at radius 1 is 0.500 bits per heavy atom. The fourth-order valence-electron chi connectivity index (χ4n) is 7.38. The molecule has 2 atom stereocenters. The van der Waals surface area contributed by atoms with Crippen LogP contribution in [0, 0.1) is 11.8 Å². The van der Waals surface area contributed by atoms with Gasteiger partial charge >= 0.3 is 11.9 Å². The van der Waals surface area contributed by atoms with Crippen LogP contribution in [0.1, 0.15) is 86.5 Å². The van der Waals surface area contributed by atoms with Crippen molar-refractivity contribution in [1.82, 2.24) is 0 Å². The molecule has 6 rings (SSSR count). The fraction of sp³-hybridized carbons (Fsp3) is 0.350. The molecule has 0 radical (unpaired) electrons. The number of fused-ring (bicyclic) bond motifs is 6. The topological polar surface area (TPSA) is 52.6 Å². The van der Waals surface area contributed by atoms with Crippen LogP contribution in [0.15, 0.2) is 97.1 Å². The summed E-state index contributed by atoms with van der Waals surface area (Å²) < 4.78 is 12.2. The number of carbonyl (C=O) groups is 2. The normalized spacial score (nSPS) is 14.7. The van der Waals surface area contributed by atoms with Gasteiger partial charge in [0.1, 0.15) is 0 Å². The van der Waals surface area contributed by atoms with Crippen LogP contribution in [0.4, 0.5) is 0 Å². The van der Waals surface area contributed by atoms with Gasteiger partial charge in [0.25, 0.3) is 0 Å². The average molecular weight is 587 g/mol. The molecule has 4 nitrogen and oxygen atoms in total. The van der Waals surface area contributed by atoms with Crippen LogP contribution in [0.2, 0.25) is 0 Å². The largest absolute Gasteiger partial charge is 0.465 e. The van der Waals surface area contributed by atoms with E-state index in [0.717, 1.165) is 83.0 Å². The Balaban J connectivity index is 1.52. The van der Waals surface area contributed by atoms with E-state index >= 15 is 0 Å². The summed E-state index contributed by atoms with van der Waals surface area (Å²) in [6.07, 6.45) is 5.64. The first-order valence-electron chi connectivity index (χ1n) is 16.3. The first kappa shape index (κ1) is 29.9. The van der Waals surface area contributed by atoms with Crippen molar-refractivity contribution in [2.45, 2.75) is 64.2 Å². The predicted molar refractivity (Wildman–Crippen MR) is 175 cm³/mol. The average Bonchev–Trinajstić information content (AvgIpc) is 3.57. The van der Waals surface area contributed by atoms with Gasteiger partial charge in [-0.2, -0.15) is 0 Å². The molecule has 0 aliphatic heterocycles. The lowest BCUT2D eigenvalue weighted by atomic mass is 9.69. The highest BCUT2D eigenvalue weighted by Crippen LogP contribution is 2.56. The number of ether oxygens (including phenoxy) is 2. The molecule has 0 aromatic heterocycles. The molecule has 4 heteroatoms. The second-order valence-electron chi connectivity index (χ2n) is 12.1. The third-order valence-corrected chi connectivity index (χ3v) is 9.40. The Kier molecular flexibility index (Phi) is 9.26. The van der Waals surface area contributed by atoms with Crippen molar-refractivity contribution < 1.29 is 19.1 Å². The third kappa shape index (κ3) is 5.58. The molecule has 2 aliphatic carbocycles. The second-order valence-corrected chi connectivity index (χ2v) is 12.1. The van der Waals surface area contributed by atoms with E-state index in [1.807, 2.05) is 48.5 Å². The summed E-state index contributed by atoms with van der Waals surface area (Å²) in [7, 11) is 0. The van der Waals surface area contributed by atoms with Gasteiger partial charge in [0.15, 0.2) is 0 Å². The highest BCUT2D eigenvalue weighted by molar-refractivity contribution is 5.90. The number of hydrogen-bond donors (Lipinski definition) is 0. The highest BCUT2D eigenvalue weighted by atomic mass is 16.5. The summed E-state index contributed by atoms with van der Waals surface area (Å²) in [5.41, 5.74) is 8.69. The van der Waals surface area contributed by atoms with Gasteiger partial charge in [-0.15, -0.1) is 0 Å². The number of rotatable bonds is 13. The second kappa shape index (κ2) is 13.6. The lowest BCUT2D eigenvalue weighted by molar-refractivity contribution is -0.162. The molecule has 0 fully saturated rings. The number of unbranched alkanes of at least 4 members (excludes halogenated alkanes) is 4. The monoisotopic (exact) mass is 586 g/mol. The molecular weight excluding hydrogens is 544 g/mol. The molecule has 0 saturated carbocycles. The molecule has 2 unspecified atom stereocenters. The van der Waals surface area contributed by atoms with Crippen LogP contribution >= 0.6 is 0 Å². The zero-order valence-corrected chi connectivity index (χ0v) is 25.8. The van der Waals surface area contributed by atoms with Gasteiger partial charge in [-0.25, -0.2) is 0 Å². The smallest absolute Gasteiger partial charge is 0.310 e. The summed E-state index contributed by atoms with van der Waals surface area (Å²) >= 11 is 0. The van der Waals surface area contributed by atoms with Crippen LogP contribution in [0.25, 0.3) is 22.3 Å². The molecule has 0 heterocycles.